The van der Waals surface area contributed by atoms with Gasteiger partial charge in [-0.15, -0.1) is 0 Å². The van der Waals surface area contributed by atoms with Crippen molar-refractivity contribution in [2.24, 2.45) is 5.73 Å². The van der Waals surface area contributed by atoms with E-state index in [2.05, 4.69) is 16.0 Å². The highest BCUT2D eigenvalue weighted by Crippen LogP contribution is 2.08. The Morgan fingerprint density at radius 3 is 1.56 bits per heavy atom. The van der Waals surface area contributed by atoms with Crippen molar-refractivity contribution in [1.82, 2.24) is 16.0 Å². The number of carbonyl (C=O) groups excluding carboxylic acids is 3. The first-order chi connectivity index (χ1) is 18.3. The Morgan fingerprint density at radius 1 is 0.615 bits per heavy atom. The third kappa shape index (κ3) is 13.0. The number of rotatable bonds is 18. The summed E-state index contributed by atoms with van der Waals surface area (Å²) in [4.78, 5) is 82.7. The maximum absolute atomic E-state index is 13.2. The lowest BCUT2D eigenvalue weighted by Gasteiger charge is -2.25. The Morgan fingerprint density at radius 2 is 1.05 bits per heavy atom. The van der Waals surface area contributed by atoms with Crippen molar-refractivity contribution in [2.75, 3.05) is 0 Å². The van der Waals surface area contributed by atoms with E-state index in [1.807, 2.05) is 0 Å². The number of carboxylic acid groups (broad SMARTS) is 4. The minimum atomic E-state index is -1.62. The molecule has 1 aromatic rings. The number of nitrogens with two attached hydrogens (primary N) is 1. The van der Waals surface area contributed by atoms with Crippen molar-refractivity contribution in [2.45, 2.75) is 69.1 Å². The van der Waals surface area contributed by atoms with Crippen molar-refractivity contribution in [1.29, 1.82) is 0 Å². The summed E-state index contributed by atoms with van der Waals surface area (Å²) in [5.74, 6) is -8.12. The largest absolute Gasteiger partial charge is 0.481 e. The third-order valence-electron chi connectivity index (χ3n) is 5.46. The maximum Gasteiger partial charge on any atom is 0.326 e. The second kappa shape index (κ2) is 16.3. The number of nitrogens with one attached hydrogen (secondary N) is 3. The Hall–Kier alpha value is -4.53. The number of carbonyl (C=O) groups is 7. The molecule has 0 bridgehead atoms. The number of aliphatic carboxylic acids is 4. The Bertz CT molecular complexity index is 1050. The van der Waals surface area contributed by atoms with Crippen LogP contribution in [-0.2, 0) is 40.0 Å². The zero-order chi connectivity index (χ0) is 29.5. The lowest BCUT2D eigenvalue weighted by molar-refractivity contribution is -0.144. The Balaban J connectivity index is 3.12. The predicted molar refractivity (Wildman–Crippen MR) is 132 cm³/mol. The zero-order valence-corrected chi connectivity index (χ0v) is 20.9. The van der Waals surface area contributed by atoms with Crippen LogP contribution in [0.3, 0.4) is 0 Å². The molecular formula is C24H32N4O11. The van der Waals surface area contributed by atoms with Crippen molar-refractivity contribution < 1.29 is 54.0 Å². The summed E-state index contributed by atoms with van der Waals surface area (Å²) >= 11 is 0. The van der Waals surface area contributed by atoms with Crippen molar-refractivity contribution in [3.8, 4) is 0 Å². The molecule has 0 saturated carbocycles. The van der Waals surface area contributed by atoms with Gasteiger partial charge in [-0.3, -0.25) is 28.8 Å². The second-order valence-electron chi connectivity index (χ2n) is 8.62. The summed E-state index contributed by atoms with van der Waals surface area (Å²) in [7, 11) is 0. The topological polar surface area (TPSA) is 263 Å². The number of carboxylic acids is 4. The summed E-state index contributed by atoms with van der Waals surface area (Å²) in [5.41, 5.74) is 6.34. The van der Waals surface area contributed by atoms with Gasteiger partial charge in [0.1, 0.15) is 18.1 Å². The molecule has 0 aliphatic carbocycles. The van der Waals surface area contributed by atoms with E-state index in [0.717, 1.165) is 0 Å². The lowest BCUT2D eigenvalue weighted by Crippen LogP contribution is -2.57. The molecule has 9 N–H and O–H groups in total. The monoisotopic (exact) mass is 552 g/mol. The highest BCUT2D eigenvalue weighted by molar-refractivity contribution is 5.94. The first kappa shape index (κ1) is 32.5. The van der Waals surface area contributed by atoms with Gasteiger partial charge in [0.05, 0.1) is 6.04 Å². The Kier molecular flexibility index (Phi) is 13.6. The van der Waals surface area contributed by atoms with Crippen LogP contribution in [0.1, 0.15) is 44.1 Å². The summed E-state index contributed by atoms with van der Waals surface area (Å²) in [5, 5.41) is 42.8. The van der Waals surface area contributed by atoms with Crippen molar-refractivity contribution >= 4 is 41.6 Å². The summed E-state index contributed by atoms with van der Waals surface area (Å²) in [6, 6.07) is 2.64. The molecule has 0 saturated heterocycles. The Labute approximate surface area is 222 Å². The van der Waals surface area contributed by atoms with E-state index in [-0.39, 0.29) is 12.8 Å². The molecule has 3 amide bonds. The van der Waals surface area contributed by atoms with Crippen LogP contribution in [0.5, 0.6) is 0 Å². The molecule has 15 heteroatoms. The van der Waals surface area contributed by atoms with E-state index in [1.165, 1.54) is 0 Å². The van der Waals surface area contributed by atoms with Gasteiger partial charge < -0.3 is 42.1 Å². The van der Waals surface area contributed by atoms with Crippen LogP contribution in [0.2, 0.25) is 0 Å². The third-order valence-corrected chi connectivity index (χ3v) is 5.46. The average Bonchev–Trinajstić information content (AvgIpc) is 2.86. The first-order valence-corrected chi connectivity index (χ1v) is 11.9. The van der Waals surface area contributed by atoms with E-state index in [0.29, 0.717) is 5.56 Å². The molecule has 0 aromatic heterocycles. The van der Waals surface area contributed by atoms with Gasteiger partial charge in [0, 0.05) is 25.7 Å². The van der Waals surface area contributed by atoms with Crippen LogP contribution in [0.15, 0.2) is 30.3 Å². The van der Waals surface area contributed by atoms with Crippen LogP contribution in [0.25, 0.3) is 0 Å². The molecule has 4 unspecified atom stereocenters. The van der Waals surface area contributed by atoms with Crippen LogP contribution in [0.4, 0.5) is 0 Å². The molecule has 0 spiro atoms. The fourth-order valence-electron chi connectivity index (χ4n) is 3.35. The molecule has 0 fully saturated rings. The van der Waals surface area contributed by atoms with Crippen LogP contribution < -0.4 is 21.7 Å². The van der Waals surface area contributed by atoms with Crippen LogP contribution >= 0.6 is 0 Å². The zero-order valence-electron chi connectivity index (χ0n) is 20.9. The molecule has 0 aliphatic heterocycles. The smallest absolute Gasteiger partial charge is 0.326 e. The fourth-order valence-corrected chi connectivity index (χ4v) is 3.35. The van der Waals surface area contributed by atoms with Crippen LogP contribution in [-0.4, -0.2) is 86.2 Å². The average molecular weight is 553 g/mol. The normalized spacial score (nSPS) is 13.7. The number of hydrogen-bond acceptors (Lipinski definition) is 8. The van der Waals surface area contributed by atoms with E-state index in [1.54, 1.807) is 30.3 Å². The number of hydrogen-bond donors (Lipinski definition) is 8. The molecule has 0 aliphatic rings. The summed E-state index contributed by atoms with van der Waals surface area (Å²) < 4.78 is 0. The minimum Gasteiger partial charge on any atom is -0.481 e. The van der Waals surface area contributed by atoms with Gasteiger partial charge in [-0.05, 0) is 24.8 Å². The van der Waals surface area contributed by atoms with E-state index < -0.39 is 97.9 Å². The van der Waals surface area contributed by atoms with Gasteiger partial charge in [0.15, 0.2) is 0 Å². The van der Waals surface area contributed by atoms with Gasteiger partial charge in [-0.1, -0.05) is 30.3 Å². The fraction of sp³-hybridized carbons (Fsp3) is 0.458. The van der Waals surface area contributed by atoms with E-state index in [4.69, 9.17) is 21.1 Å². The molecule has 214 valence electrons. The van der Waals surface area contributed by atoms with E-state index >= 15 is 0 Å². The van der Waals surface area contributed by atoms with Gasteiger partial charge >= 0.3 is 23.9 Å². The molecule has 1 aromatic carbocycles. The number of benzene rings is 1. The lowest BCUT2D eigenvalue weighted by atomic mass is 10.0. The van der Waals surface area contributed by atoms with Gasteiger partial charge in [0.2, 0.25) is 17.7 Å². The van der Waals surface area contributed by atoms with Gasteiger partial charge in [-0.2, -0.15) is 0 Å². The molecule has 1 rings (SSSR count). The van der Waals surface area contributed by atoms with Crippen molar-refractivity contribution in [3.63, 3.8) is 0 Å². The SMILES string of the molecule is NC(CCC(=O)O)C(=O)NC(Cc1ccccc1)C(=O)NC(CCC(=O)O)C(=O)NC(CCC(=O)O)C(=O)O. The van der Waals surface area contributed by atoms with Gasteiger partial charge in [-0.25, -0.2) is 4.79 Å². The highest BCUT2D eigenvalue weighted by Gasteiger charge is 2.31. The predicted octanol–water partition coefficient (Wildman–Crippen LogP) is -1.31. The molecule has 0 heterocycles. The summed E-state index contributed by atoms with van der Waals surface area (Å²) in [6.07, 6.45) is -2.74. The highest BCUT2D eigenvalue weighted by atomic mass is 16.4. The minimum absolute atomic E-state index is 0.0757. The standard InChI is InChI=1S/C24H32N4O11/c25-14(6-9-18(29)30)21(35)28-17(12-13-4-2-1-3-5-13)23(37)26-15(7-10-19(31)32)22(36)27-16(24(38)39)8-11-20(33)34/h1-5,14-17H,6-12,25H2,(H,26,37)(H,27,36)(H,28,35)(H,29,30)(H,31,32)(H,33,34)(H,38,39). The molecule has 0 radical (unpaired) electrons. The maximum atomic E-state index is 13.2. The first-order valence-electron chi connectivity index (χ1n) is 11.9. The molecule has 4 atom stereocenters. The quantitative estimate of drug-likeness (QED) is 0.105. The molecular weight excluding hydrogens is 520 g/mol. The van der Waals surface area contributed by atoms with Crippen molar-refractivity contribution in [3.05, 3.63) is 35.9 Å². The number of amides is 3. The second-order valence-corrected chi connectivity index (χ2v) is 8.62. The van der Waals surface area contributed by atoms with Gasteiger partial charge in [0.25, 0.3) is 0 Å². The molecule has 39 heavy (non-hydrogen) atoms. The molecule has 15 nitrogen and oxygen atoms in total. The summed E-state index contributed by atoms with van der Waals surface area (Å²) in [6.45, 7) is 0. The van der Waals surface area contributed by atoms with Crippen LogP contribution in [0, 0.1) is 0 Å². The van der Waals surface area contributed by atoms with E-state index in [9.17, 15) is 38.7 Å².